The van der Waals surface area contributed by atoms with E-state index in [2.05, 4.69) is 39.7 Å². The number of nitrogens with zero attached hydrogens (tertiary/aromatic N) is 2. The third kappa shape index (κ3) is 4.33. The lowest BCUT2D eigenvalue weighted by atomic mass is 10.0. The van der Waals surface area contributed by atoms with Crippen molar-refractivity contribution in [1.29, 1.82) is 0 Å². The van der Waals surface area contributed by atoms with E-state index in [1.165, 1.54) is 19.3 Å². The van der Waals surface area contributed by atoms with Gasteiger partial charge in [0.25, 0.3) is 5.91 Å². The maximum Gasteiger partial charge on any atom is 0.270 e. The molecule has 4 nitrogen and oxygen atoms in total. The molecular weight excluding hydrogens is 330 g/mol. The number of amides is 1. The first-order chi connectivity index (χ1) is 10.2. The van der Waals surface area contributed by atoms with Gasteiger partial charge in [-0.05, 0) is 54.7 Å². The van der Waals surface area contributed by atoms with Gasteiger partial charge in [0, 0.05) is 36.3 Å². The number of halogens is 1. The molecule has 1 aliphatic heterocycles. The molecule has 1 N–H and O–H groups in total. The molecule has 0 saturated carbocycles. The number of likely N-dealkylation sites (N-methyl/N-ethyl adjacent to an activating group) is 1. The van der Waals surface area contributed by atoms with Crippen molar-refractivity contribution in [3.63, 3.8) is 0 Å². The van der Waals surface area contributed by atoms with Crippen molar-refractivity contribution in [2.75, 3.05) is 19.6 Å². The summed E-state index contributed by atoms with van der Waals surface area (Å²) >= 11 is 3.49. The van der Waals surface area contributed by atoms with E-state index in [1.54, 1.807) is 0 Å². The highest BCUT2D eigenvalue weighted by Gasteiger charge is 2.22. The molecule has 1 fully saturated rings. The molecule has 0 aromatic carbocycles. The van der Waals surface area contributed by atoms with E-state index < -0.39 is 0 Å². The van der Waals surface area contributed by atoms with E-state index in [0.29, 0.717) is 6.04 Å². The molecule has 0 radical (unpaired) electrons. The highest BCUT2D eigenvalue weighted by molar-refractivity contribution is 9.10. The van der Waals surface area contributed by atoms with Crippen molar-refractivity contribution in [3.05, 3.63) is 22.4 Å². The number of piperidine rings is 1. The van der Waals surface area contributed by atoms with Gasteiger partial charge in [0.15, 0.2) is 0 Å². The minimum Gasteiger partial charge on any atom is -0.342 e. The van der Waals surface area contributed by atoms with E-state index >= 15 is 0 Å². The molecule has 1 aromatic heterocycles. The van der Waals surface area contributed by atoms with Crippen molar-refractivity contribution in [2.24, 2.45) is 0 Å². The number of aryl methyl sites for hydroxylation is 1. The zero-order valence-corrected chi connectivity index (χ0v) is 14.7. The van der Waals surface area contributed by atoms with Gasteiger partial charge in [-0.2, -0.15) is 0 Å². The standard InChI is InChI=1S/C16H26BrN3O/c1-3-9-20-11-13(17)10-15(20)16(21)19(4-2)12-14-7-5-6-8-18-14/h10-11,14,18H,3-9,12H2,1-2H3. The van der Waals surface area contributed by atoms with Gasteiger partial charge in [0.05, 0.1) is 0 Å². The Balaban J connectivity index is 2.08. The Morgan fingerprint density at radius 3 is 2.90 bits per heavy atom. The lowest BCUT2D eigenvalue weighted by Crippen LogP contribution is -2.46. The van der Waals surface area contributed by atoms with Crippen LogP contribution in [0.3, 0.4) is 0 Å². The van der Waals surface area contributed by atoms with Crippen LogP contribution in [0.5, 0.6) is 0 Å². The van der Waals surface area contributed by atoms with Crippen molar-refractivity contribution in [2.45, 2.75) is 52.1 Å². The summed E-state index contributed by atoms with van der Waals surface area (Å²) in [5, 5.41) is 3.53. The first-order valence-electron chi connectivity index (χ1n) is 8.04. The molecule has 0 aliphatic carbocycles. The van der Waals surface area contributed by atoms with E-state index in [9.17, 15) is 4.79 Å². The van der Waals surface area contributed by atoms with Gasteiger partial charge in [-0.15, -0.1) is 0 Å². The van der Waals surface area contributed by atoms with Gasteiger partial charge in [0.1, 0.15) is 5.69 Å². The molecule has 1 aliphatic rings. The topological polar surface area (TPSA) is 37.3 Å². The average Bonchev–Trinajstić information content (AvgIpc) is 2.86. The quantitative estimate of drug-likeness (QED) is 0.850. The van der Waals surface area contributed by atoms with Gasteiger partial charge in [0.2, 0.25) is 0 Å². The summed E-state index contributed by atoms with van der Waals surface area (Å²) in [6.45, 7) is 7.71. The van der Waals surface area contributed by atoms with E-state index in [0.717, 1.165) is 42.8 Å². The molecule has 1 unspecified atom stereocenters. The molecule has 0 bridgehead atoms. The molecule has 1 aromatic rings. The summed E-state index contributed by atoms with van der Waals surface area (Å²) in [7, 11) is 0. The average molecular weight is 356 g/mol. The van der Waals surface area contributed by atoms with Gasteiger partial charge < -0.3 is 14.8 Å². The minimum atomic E-state index is 0.143. The second-order valence-corrected chi connectivity index (χ2v) is 6.64. The fraction of sp³-hybridized carbons (Fsp3) is 0.688. The largest absolute Gasteiger partial charge is 0.342 e. The number of carbonyl (C=O) groups is 1. The normalized spacial score (nSPS) is 18.7. The fourth-order valence-corrected chi connectivity index (χ4v) is 3.41. The molecule has 0 spiro atoms. The lowest BCUT2D eigenvalue weighted by Gasteiger charge is -2.30. The van der Waals surface area contributed by atoms with Crippen molar-refractivity contribution in [1.82, 2.24) is 14.8 Å². The van der Waals surface area contributed by atoms with Crippen LogP contribution in [0.15, 0.2) is 16.7 Å². The Morgan fingerprint density at radius 2 is 2.29 bits per heavy atom. The third-order valence-corrected chi connectivity index (χ3v) is 4.50. The minimum absolute atomic E-state index is 0.143. The molecule has 5 heteroatoms. The zero-order chi connectivity index (χ0) is 15.2. The maximum atomic E-state index is 12.8. The lowest BCUT2D eigenvalue weighted by molar-refractivity contribution is 0.0730. The number of rotatable bonds is 6. The second-order valence-electron chi connectivity index (χ2n) is 5.73. The molecule has 1 amide bonds. The molecule has 21 heavy (non-hydrogen) atoms. The Labute approximate surface area is 136 Å². The highest BCUT2D eigenvalue weighted by Crippen LogP contribution is 2.18. The summed E-state index contributed by atoms with van der Waals surface area (Å²) < 4.78 is 3.04. The van der Waals surface area contributed by atoms with Crippen LogP contribution in [0.25, 0.3) is 0 Å². The van der Waals surface area contributed by atoms with Crippen molar-refractivity contribution in [3.8, 4) is 0 Å². The third-order valence-electron chi connectivity index (χ3n) is 4.07. The summed E-state index contributed by atoms with van der Waals surface area (Å²) in [6, 6.07) is 2.38. The van der Waals surface area contributed by atoms with E-state index in [-0.39, 0.29) is 5.91 Å². The summed E-state index contributed by atoms with van der Waals surface area (Å²) in [5.74, 6) is 0.143. The van der Waals surface area contributed by atoms with Crippen LogP contribution in [-0.4, -0.2) is 41.1 Å². The Morgan fingerprint density at radius 1 is 1.48 bits per heavy atom. The van der Waals surface area contributed by atoms with E-state index in [1.807, 2.05) is 17.2 Å². The van der Waals surface area contributed by atoms with Crippen LogP contribution in [-0.2, 0) is 6.54 Å². The first kappa shape index (κ1) is 16.6. The van der Waals surface area contributed by atoms with Crippen LogP contribution in [0.4, 0.5) is 0 Å². The Hall–Kier alpha value is -0.810. The summed E-state index contributed by atoms with van der Waals surface area (Å²) in [5.41, 5.74) is 0.793. The van der Waals surface area contributed by atoms with E-state index in [4.69, 9.17) is 0 Å². The van der Waals surface area contributed by atoms with Crippen molar-refractivity contribution < 1.29 is 4.79 Å². The smallest absolute Gasteiger partial charge is 0.270 e. The van der Waals surface area contributed by atoms with Crippen LogP contribution in [0, 0.1) is 0 Å². The molecule has 1 atom stereocenters. The molecular formula is C16H26BrN3O. The molecule has 118 valence electrons. The van der Waals surface area contributed by atoms with Gasteiger partial charge in [-0.3, -0.25) is 4.79 Å². The van der Waals surface area contributed by atoms with Gasteiger partial charge in [-0.25, -0.2) is 0 Å². The predicted molar refractivity (Wildman–Crippen MR) is 89.6 cm³/mol. The highest BCUT2D eigenvalue weighted by atomic mass is 79.9. The predicted octanol–water partition coefficient (Wildman–Crippen LogP) is 3.26. The second kappa shape index (κ2) is 7.99. The SMILES string of the molecule is CCCn1cc(Br)cc1C(=O)N(CC)CC1CCCCN1. The van der Waals surface area contributed by atoms with Gasteiger partial charge in [-0.1, -0.05) is 13.3 Å². The number of carbonyl (C=O) groups excluding carboxylic acids is 1. The molecule has 2 heterocycles. The maximum absolute atomic E-state index is 12.8. The van der Waals surface area contributed by atoms with Gasteiger partial charge >= 0.3 is 0 Å². The summed E-state index contributed by atoms with van der Waals surface area (Å²) in [4.78, 5) is 14.8. The number of aromatic nitrogens is 1. The Bertz CT molecular complexity index is 466. The Kier molecular flexibility index (Phi) is 6.30. The fourth-order valence-electron chi connectivity index (χ4n) is 2.94. The number of nitrogens with one attached hydrogen (secondary N) is 1. The first-order valence-corrected chi connectivity index (χ1v) is 8.83. The number of hydrogen-bond acceptors (Lipinski definition) is 2. The van der Waals surface area contributed by atoms with Crippen LogP contribution in [0.1, 0.15) is 50.0 Å². The number of hydrogen-bond donors (Lipinski definition) is 1. The van der Waals surface area contributed by atoms with Crippen LogP contribution in [0.2, 0.25) is 0 Å². The zero-order valence-electron chi connectivity index (χ0n) is 13.1. The molecule has 2 rings (SSSR count). The summed E-state index contributed by atoms with van der Waals surface area (Å²) in [6.07, 6.45) is 6.72. The van der Waals surface area contributed by atoms with Crippen molar-refractivity contribution >= 4 is 21.8 Å². The van der Waals surface area contributed by atoms with Crippen LogP contribution >= 0.6 is 15.9 Å². The monoisotopic (exact) mass is 355 g/mol. The van der Waals surface area contributed by atoms with Crippen LogP contribution < -0.4 is 5.32 Å². The molecule has 1 saturated heterocycles.